The lowest BCUT2D eigenvalue weighted by atomic mass is 9.70. The molecule has 8 heteroatoms. The maximum absolute atomic E-state index is 13.2. The third kappa shape index (κ3) is 3.79. The predicted molar refractivity (Wildman–Crippen MR) is 131 cm³/mol. The van der Waals surface area contributed by atoms with Crippen molar-refractivity contribution in [1.82, 2.24) is 9.97 Å². The van der Waals surface area contributed by atoms with Gasteiger partial charge in [0.2, 0.25) is 0 Å². The quantitative estimate of drug-likeness (QED) is 0.307. The molecule has 0 amide bonds. The molecule has 2 aromatic rings. The molecule has 4 unspecified atom stereocenters. The van der Waals surface area contributed by atoms with E-state index in [4.69, 9.17) is 9.72 Å². The van der Waals surface area contributed by atoms with Crippen LogP contribution in [0.4, 0.5) is 13.2 Å². The van der Waals surface area contributed by atoms with Gasteiger partial charge in [0.05, 0.1) is 6.10 Å². The number of pyridine rings is 2. The molecule has 4 nitrogen and oxygen atoms in total. The van der Waals surface area contributed by atoms with Gasteiger partial charge in [0.25, 0.3) is 0 Å². The Hall–Kier alpha value is -1.26. The number of hydrogen-bond acceptors (Lipinski definition) is 4. The SMILES string of the molecule is CC(C)c1nc2c(c3c1C(c1ccc(C(F)(F)F)nc1)OC31CCCC1I)C(O)CC(C)(C)C2. The number of hydrogen-bond donors (Lipinski definition) is 1. The Morgan fingerprint density at radius 2 is 1.94 bits per heavy atom. The minimum atomic E-state index is -4.49. The Morgan fingerprint density at radius 3 is 2.50 bits per heavy atom. The largest absolute Gasteiger partial charge is 0.433 e. The summed E-state index contributed by atoms with van der Waals surface area (Å²) in [6.07, 6.45) is -0.168. The number of rotatable bonds is 2. The van der Waals surface area contributed by atoms with Gasteiger partial charge < -0.3 is 9.84 Å². The summed E-state index contributed by atoms with van der Waals surface area (Å²) in [7, 11) is 0. The zero-order valence-electron chi connectivity index (χ0n) is 19.8. The third-order valence-corrected chi connectivity index (χ3v) is 9.19. The van der Waals surface area contributed by atoms with Crippen LogP contribution in [-0.4, -0.2) is 19.0 Å². The molecule has 3 aliphatic rings. The van der Waals surface area contributed by atoms with Gasteiger partial charge in [0.1, 0.15) is 17.4 Å². The fraction of sp³-hybridized carbons (Fsp3) is 0.615. The first-order valence-electron chi connectivity index (χ1n) is 11.9. The first-order chi connectivity index (χ1) is 15.8. The van der Waals surface area contributed by atoms with E-state index >= 15 is 0 Å². The molecule has 5 rings (SSSR count). The fourth-order valence-electron chi connectivity index (χ4n) is 6.13. The number of nitrogens with zero attached hydrogens (tertiary/aromatic N) is 2. The highest BCUT2D eigenvalue weighted by Crippen LogP contribution is 2.61. The number of halogens is 4. The second-order valence-corrected chi connectivity index (χ2v) is 12.6. The van der Waals surface area contributed by atoms with Gasteiger partial charge in [-0.1, -0.05) is 56.4 Å². The summed E-state index contributed by atoms with van der Waals surface area (Å²) >= 11 is 2.46. The van der Waals surface area contributed by atoms with Gasteiger partial charge in [-0.3, -0.25) is 9.97 Å². The summed E-state index contributed by atoms with van der Waals surface area (Å²) in [6.45, 7) is 8.48. The highest BCUT2D eigenvalue weighted by molar-refractivity contribution is 14.1. The van der Waals surface area contributed by atoms with Crippen LogP contribution in [0.25, 0.3) is 0 Å². The summed E-state index contributed by atoms with van der Waals surface area (Å²) in [5, 5.41) is 11.4. The number of aliphatic hydroxyl groups excluding tert-OH is 1. The predicted octanol–water partition coefficient (Wildman–Crippen LogP) is 6.93. The van der Waals surface area contributed by atoms with E-state index in [9.17, 15) is 18.3 Å². The maximum atomic E-state index is 13.2. The molecule has 1 N–H and O–H groups in total. The lowest BCUT2D eigenvalue weighted by molar-refractivity contribution is -0.141. The van der Waals surface area contributed by atoms with Crippen LogP contribution in [0.3, 0.4) is 0 Å². The Labute approximate surface area is 211 Å². The van der Waals surface area contributed by atoms with Gasteiger partial charge in [-0.15, -0.1) is 0 Å². The molecule has 4 atom stereocenters. The van der Waals surface area contributed by atoms with Gasteiger partial charge in [-0.25, -0.2) is 0 Å². The van der Waals surface area contributed by atoms with Gasteiger partial charge in [-0.2, -0.15) is 13.2 Å². The van der Waals surface area contributed by atoms with E-state index in [0.29, 0.717) is 12.0 Å². The van der Waals surface area contributed by atoms with E-state index < -0.39 is 29.7 Å². The van der Waals surface area contributed by atoms with Crippen molar-refractivity contribution < 1.29 is 23.0 Å². The Kier molecular flexibility index (Phi) is 5.84. The van der Waals surface area contributed by atoms with E-state index in [1.54, 1.807) is 0 Å². The number of aliphatic hydroxyl groups is 1. The molecular weight excluding hydrogens is 556 g/mol. The van der Waals surface area contributed by atoms with Gasteiger partial charge in [0.15, 0.2) is 0 Å². The normalized spacial score (nSPS) is 30.1. The Balaban J connectivity index is 1.76. The molecule has 0 radical (unpaired) electrons. The summed E-state index contributed by atoms with van der Waals surface area (Å²) in [5.74, 6) is 0.0963. The number of aromatic nitrogens is 2. The minimum absolute atomic E-state index is 0.0648. The minimum Gasteiger partial charge on any atom is -0.388 e. The highest BCUT2D eigenvalue weighted by Gasteiger charge is 2.56. The molecule has 0 bridgehead atoms. The first kappa shape index (κ1) is 24.4. The molecular formula is C26H30F3IN2O2. The first-order valence-corrected chi connectivity index (χ1v) is 13.2. The van der Waals surface area contributed by atoms with Gasteiger partial charge in [-0.05, 0) is 49.5 Å². The van der Waals surface area contributed by atoms with E-state index in [0.717, 1.165) is 59.8 Å². The summed E-state index contributed by atoms with van der Waals surface area (Å²) in [6, 6.07) is 2.50. The second kappa shape index (κ2) is 8.13. The zero-order chi connectivity index (χ0) is 24.6. The molecule has 1 fully saturated rings. The second-order valence-electron chi connectivity index (χ2n) is 11.1. The molecule has 34 heavy (non-hydrogen) atoms. The monoisotopic (exact) mass is 586 g/mol. The molecule has 1 spiro atoms. The molecule has 3 heterocycles. The Morgan fingerprint density at radius 1 is 1.21 bits per heavy atom. The van der Waals surface area contributed by atoms with Crippen molar-refractivity contribution in [3.63, 3.8) is 0 Å². The van der Waals surface area contributed by atoms with Crippen molar-refractivity contribution in [3.05, 3.63) is 57.7 Å². The lowest BCUT2D eigenvalue weighted by Gasteiger charge is -2.39. The van der Waals surface area contributed by atoms with Crippen molar-refractivity contribution in [2.24, 2.45) is 5.41 Å². The molecule has 1 aliphatic heterocycles. The fourth-order valence-corrected chi connectivity index (χ4v) is 7.34. The van der Waals surface area contributed by atoms with Crippen molar-refractivity contribution in [3.8, 4) is 0 Å². The van der Waals surface area contributed by atoms with Crippen LogP contribution in [0.15, 0.2) is 18.3 Å². The third-order valence-electron chi connectivity index (χ3n) is 7.56. The van der Waals surface area contributed by atoms with Crippen LogP contribution in [0.5, 0.6) is 0 Å². The van der Waals surface area contributed by atoms with E-state index in [1.165, 1.54) is 12.3 Å². The number of ether oxygens (including phenoxy) is 1. The molecule has 1 saturated carbocycles. The Bertz CT molecular complexity index is 1120. The molecule has 2 aliphatic carbocycles. The van der Waals surface area contributed by atoms with E-state index in [-0.39, 0.29) is 15.3 Å². The zero-order valence-corrected chi connectivity index (χ0v) is 22.0. The number of fused-ring (bicyclic) bond motifs is 4. The van der Waals surface area contributed by atoms with Crippen molar-refractivity contribution in [2.75, 3.05) is 0 Å². The van der Waals surface area contributed by atoms with Crippen LogP contribution < -0.4 is 0 Å². The van der Waals surface area contributed by atoms with Crippen LogP contribution in [0.1, 0.15) is 111 Å². The molecule has 0 saturated heterocycles. The average molecular weight is 586 g/mol. The summed E-state index contributed by atoms with van der Waals surface area (Å²) < 4.78 is 46.6. The maximum Gasteiger partial charge on any atom is 0.433 e. The van der Waals surface area contributed by atoms with Gasteiger partial charge in [0, 0.05) is 43.8 Å². The number of alkyl halides is 4. The van der Waals surface area contributed by atoms with Gasteiger partial charge >= 0.3 is 6.18 Å². The van der Waals surface area contributed by atoms with E-state index in [2.05, 4.69) is 55.3 Å². The average Bonchev–Trinajstić information content (AvgIpc) is 3.27. The van der Waals surface area contributed by atoms with Crippen LogP contribution in [-0.2, 0) is 22.9 Å². The smallest absolute Gasteiger partial charge is 0.388 e. The highest BCUT2D eigenvalue weighted by atomic mass is 127. The van der Waals surface area contributed by atoms with Crippen LogP contribution in [0.2, 0.25) is 0 Å². The standard InChI is InChI=1S/C26H30F3IN2O2/c1-13(2)22-20-21(19-15(32-22)10-24(3,4)11-16(19)33)25(9-5-6-17(25)30)34-23(20)14-7-8-18(31-12-14)26(27,28)29/h7-8,12-13,16-17,23,33H,5-6,9-11H2,1-4H3. The molecule has 0 aromatic carbocycles. The van der Waals surface area contributed by atoms with Crippen molar-refractivity contribution in [2.45, 2.75) is 93.6 Å². The molecule has 184 valence electrons. The molecule has 2 aromatic heterocycles. The van der Waals surface area contributed by atoms with Crippen LogP contribution >= 0.6 is 22.6 Å². The lowest BCUT2D eigenvalue weighted by Crippen LogP contribution is -2.35. The summed E-state index contributed by atoms with van der Waals surface area (Å²) in [4.78, 5) is 8.82. The topological polar surface area (TPSA) is 55.2 Å². The van der Waals surface area contributed by atoms with E-state index in [1.807, 2.05) is 0 Å². The summed E-state index contributed by atoms with van der Waals surface area (Å²) in [5.41, 5.74) is 3.76. The van der Waals surface area contributed by atoms with Crippen molar-refractivity contribution >= 4 is 22.6 Å². The van der Waals surface area contributed by atoms with Crippen molar-refractivity contribution in [1.29, 1.82) is 0 Å². The van der Waals surface area contributed by atoms with Crippen LogP contribution in [0, 0.1) is 5.41 Å².